The first kappa shape index (κ1) is 16.8. The van der Waals surface area contributed by atoms with Gasteiger partial charge in [-0.15, -0.1) is 6.58 Å². The quantitative estimate of drug-likeness (QED) is 0.591. The van der Waals surface area contributed by atoms with E-state index in [9.17, 15) is 9.59 Å². The molecular weight excluding hydrogens is 270 g/mol. The summed E-state index contributed by atoms with van der Waals surface area (Å²) in [5, 5.41) is 2.52. The fraction of sp³-hybridized carbons (Fsp3) is 0.375. The molecule has 5 nitrogen and oxygen atoms in total. The predicted octanol–water partition coefficient (Wildman–Crippen LogP) is 2.81. The molecule has 0 radical (unpaired) electrons. The first-order valence-electron chi connectivity index (χ1n) is 6.92. The van der Waals surface area contributed by atoms with E-state index >= 15 is 0 Å². The molecule has 1 N–H and O–H groups in total. The molecule has 0 aromatic heterocycles. The number of esters is 1. The number of hydrogen-bond acceptors (Lipinski definition) is 4. The van der Waals surface area contributed by atoms with Gasteiger partial charge in [-0.25, -0.2) is 9.59 Å². The van der Waals surface area contributed by atoms with Gasteiger partial charge in [-0.05, 0) is 25.3 Å². The van der Waals surface area contributed by atoms with Gasteiger partial charge >= 0.3 is 12.1 Å². The first-order valence-corrected chi connectivity index (χ1v) is 6.92. The van der Waals surface area contributed by atoms with Crippen LogP contribution in [-0.2, 0) is 20.9 Å². The van der Waals surface area contributed by atoms with Crippen LogP contribution in [0.25, 0.3) is 0 Å². The van der Waals surface area contributed by atoms with E-state index in [-0.39, 0.29) is 13.2 Å². The summed E-state index contributed by atoms with van der Waals surface area (Å²) in [6, 6.07) is 8.60. The topological polar surface area (TPSA) is 64.6 Å². The molecule has 0 aliphatic carbocycles. The summed E-state index contributed by atoms with van der Waals surface area (Å²) in [7, 11) is 0. The van der Waals surface area contributed by atoms with Gasteiger partial charge in [-0.1, -0.05) is 36.4 Å². The van der Waals surface area contributed by atoms with E-state index in [0.717, 1.165) is 5.56 Å². The third kappa shape index (κ3) is 6.61. The van der Waals surface area contributed by atoms with E-state index < -0.39 is 18.1 Å². The van der Waals surface area contributed by atoms with Gasteiger partial charge in [-0.3, -0.25) is 0 Å². The van der Waals surface area contributed by atoms with Crippen LogP contribution in [0.1, 0.15) is 25.3 Å². The van der Waals surface area contributed by atoms with Crippen molar-refractivity contribution in [3.63, 3.8) is 0 Å². The Kier molecular flexibility index (Phi) is 7.64. The van der Waals surface area contributed by atoms with Crippen LogP contribution in [0.5, 0.6) is 0 Å². The highest BCUT2D eigenvalue weighted by Gasteiger charge is 2.21. The fourth-order valence-electron chi connectivity index (χ4n) is 1.68. The van der Waals surface area contributed by atoms with Gasteiger partial charge in [0.05, 0.1) is 6.61 Å². The molecule has 1 amide bonds. The molecule has 0 aliphatic heterocycles. The zero-order chi connectivity index (χ0) is 15.5. The highest BCUT2D eigenvalue weighted by Crippen LogP contribution is 2.04. The van der Waals surface area contributed by atoms with Crippen LogP contribution in [0, 0.1) is 0 Å². The minimum Gasteiger partial charge on any atom is -0.464 e. The summed E-state index contributed by atoms with van der Waals surface area (Å²) in [5.74, 6) is -0.462. The van der Waals surface area contributed by atoms with Gasteiger partial charge in [-0.2, -0.15) is 0 Å². The van der Waals surface area contributed by atoms with Crippen molar-refractivity contribution in [2.45, 2.75) is 32.4 Å². The minimum atomic E-state index is -0.716. The summed E-state index contributed by atoms with van der Waals surface area (Å²) < 4.78 is 10.0. The number of alkyl carbamates (subject to hydrolysis) is 1. The largest absolute Gasteiger partial charge is 0.464 e. The van der Waals surface area contributed by atoms with Crippen molar-refractivity contribution in [2.24, 2.45) is 0 Å². The van der Waals surface area contributed by atoms with E-state index in [1.54, 1.807) is 13.0 Å². The maximum absolute atomic E-state index is 11.7. The summed E-state index contributed by atoms with van der Waals surface area (Å²) in [6.45, 7) is 5.74. The number of carbonyl (C=O) groups is 2. The molecule has 21 heavy (non-hydrogen) atoms. The Labute approximate surface area is 124 Å². The normalized spacial score (nSPS) is 11.3. The van der Waals surface area contributed by atoms with E-state index in [0.29, 0.717) is 12.8 Å². The number of hydrogen-bond donors (Lipinski definition) is 1. The summed E-state index contributed by atoms with van der Waals surface area (Å²) in [5.41, 5.74) is 0.881. The monoisotopic (exact) mass is 291 g/mol. The van der Waals surface area contributed by atoms with Crippen LogP contribution in [0.3, 0.4) is 0 Å². The number of nitrogens with one attached hydrogen (secondary N) is 1. The van der Waals surface area contributed by atoms with Crippen LogP contribution in [0.2, 0.25) is 0 Å². The van der Waals surface area contributed by atoms with Crippen molar-refractivity contribution in [1.82, 2.24) is 5.32 Å². The van der Waals surface area contributed by atoms with Crippen LogP contribution >= 0.6 is 0 Å². The minimum absolute atomic E-state index is 0.156. The van der Waals surface area contributed by atoms with Crippen molar-refractivity contribution in [3.05, 3.63) is 48.6 Å². The first-order chi connectivity index (χ1) is 10.2. The van der Waals surface area contributed by atoms with Gasteiger partial charge in [0.1, 0.15) is 12.6 Å². The second kappa shape index (κ2) is 9.58. The third-order valence-electron chi connectivity index (χ3n) is 2.74. The lowest BCUT2D eigenvalue weighted by molar-refractivity contribution is -0.145. The number of amides is 1. The molecular formula is C16H21NO4. The lowest BCUT2D eigenvalue weighted by Gasteiger charge is -2.16. The summed E-state index contributed by atoms with van der Waals surface area (Å²) >= 11 is 0. The molecule has 0 aliphatic rings. The van der Waals surface area contributed by atoms with Crippen molar-refractivity contribution in [2.75, 3.05) is 6.61 Å². The second-order valence-corrected chi connectivity index (χ2v) is 4.38. The van der Waals surface area contributed by atoms with Crippen molar-refractivity contribution < 1.29 is 19.1 Å². The van der Waals surface area contributed by atoms with E-state index in [2.05, 4.69) is 11.9 Å². The highest BCUT2D eigenvalue weighted by atomic mass is 16.6. The Morgan fingerprint density at radius 1 is 1.29 bits per heavy atom. The third-order valence-corrected chi connectivity index (χ3v) is 2.74. The molecule has 0 saturated carbocycles. The molecule has 5 heteroatoms. The van der Waals surface area contributed by atoms with Gasteiger partial charge in [0, 0.05) is 0 Å². The number of rotatable bonds is 8. The second-order valence-electron chi connectivity index (χ2n) is 4.38. The maximum atomic E-state index is 11.7. The molecule has 1 atom stereocenters. The Morgan fingerprint density at radius 3 is 2.62 bits per heavy atom. The van der Waals surface area contributed by atoms with E-state index in [1.165, 1.54) is 0 Å². The van der Waals surface area contributed by atoms with Gasteiger partial charge < -0.3 is 14.8 Å². The van der Waals surface area contributed by atoms with Crippen LogP contribution < -0.4 is 5.32 Å². The van der Waals surface area contributed by atoms with Crippen LogP contribution in [0.4, 0.5) is 4.79 Å². The zero-order valence-corrected chi connectivity index (χ0v) is 12.2. The Balaban J connectivity index is 2.46. The molecule has 0 fully saturated rings. The molecule has 0 spiro atoms. The Morgan fingerprint density at radius 2 is 2.00 bits per heavy atom. The predicted molar refractivity (Wildman–Crippen MR) is 79.6 cm³/mol. The number of carbonyl (C=O) groups excluding carboxylic acids is 2. The zero-order valence-electron chi connectivity index (χ0n) is 12.2. The van der Waals surface area contributed by atoms with Crippen molar-refractivity contribution >= 4 is 12.1 Å². The lowest BCUT2D eigenvalue weighted by Crippen LogP contribution is -2.42. The van der Waals surface area contributed by atoms with Crippen LogP contribution in [0.15, 0.2) is 43.0 Å². The average molecular weight is 291 g/mol. The molecule has 0 unspecified atom stereocenters. The summed E-state index contributed by atoms with van der Waals surface area (Å²) in [6.07, 6.45) is 2.08. The van der Waals surface area contributed by atoms with Gasteiger partial charge in [0.25, 0.3) is 0 Å². The SMILES string of the molecule is C=CCC[C@H](NC(=O)OCc1ccccc1)C(=O)OCC. The number of allylic oxidation sites excluding steroid dienone is 1. The van der Waals surface area contributed by atoms with Gasteiger partial charge in [0.15, 0.2) is 0 Å². The Hall–Kier alpha value is -2.30. The van der Waals surface area contributed by atoms with Crippen molar-refractivity contribution in [3.8, 4) is 0 Å². The molecule has 1 rings (SSSR count). The highest BCUT2D eigenvalue weighted by molar-refractivity contribution is 5.81. The molecule has 0 saturated heterocycles. The molecule has 114 valence electrons. The lowest BCUT2D eigenvalue weighted by atomic mass is 10.1. The van der Waals surface area contributed by atoms with E-state index in [1.807, 2.05) is 30.3 Å². The molecule has 1 aromatic carbocycles. The smallest absolute Gasteiger partial charge is 0.408 e. The number of benzene rings is 1. The fourth-order valence-corrected chi connectivity index (χ4v) is 1.68. The molecule has 1 aromatic rings. The van der Waals surface area contributed by atoms with Crippen molar-refractivity contribution in [1.29, 1.82) is 0 Å². The summed E-state index contributed by atoms with van der Waals surface area (Å²) in [4.78, 5) is 23.5. The van der Waals surface area contributed by atoms with Gasteiger partial charge in [0.2, 0.25) is 0 Å². The van der Waals surface area contributed by atoms with Crippen LogP contribution in [-0.4, -0.2) is 24.7 Å². The Bertz CT molecular complexity index is 459. The molecule has 0 heterocycles. The van der Waals surface area contributed by atoms with E-state index in [4.69, 9.17) is 9.47 Å². The average Bonchev–Trinajstić information content (AvgIpc) is 2.50. The maximum Gasteiger partial charge on any atom is 0.408 e. The number of ether oxygens (including phenoxy) is 2. The molecule has 0 bridgehead atoms. The standard InChI is InChI=1S/C16H21NO4/c1-3-5-11-14(15(18)20-4-2)17-16(19)21-12-13-9-7-6-8-10-13/h3,6-10,14H,1,4-5,11-12H2,2H3,(H,17,19)/t14-/m0/s1.